The van der Waals surface area contributed by atoms with Crippen molar-refractivity contribution < 1.29 is 4.74 Å². The number of ether oxygens (including phenoxy) is 1. The highest BCUT2D eigenvalue weighted by Crippen LogP contribution is 2.26. The first-order valence-electron chi connectivity index (χ1n) is 6.17. The van der Waals surface area contributed by atoms with Crippen molar-refractivity contribution in [3.05, 3.63) is 53.6 Å². The van der Waals surface area contributed by atoms with Crippen LogP contribution in [0.2, 0.25) is 0 Å². The lowest BCUT2D eigenvalue weighted by Crippen LogP contribution is -1.92. The Morgan fingerprint density at radius 3 is 2.26 bits per heavy atom. The third-order valence-electron chi connectivity index (χ3n) is 2.93. The van der Waals surface area contributed by atoms with E-state index in [1.807, 2.05) is 30.3 Å². The van der Waals surface area contributed by atoms with Crippen molar-refractivity contribution in [3.8, 4) is 17.6 Å². The summed E-state index contributed by atoms with van der Waals surface area (Å²) < 4.78 is 5.70. The number of hydrogen-bond acceptors (Lipinski definition) is 3. The molecule has 2 N–H and O–H groups in total. The van der Waals surface area contributed by atoms with Crippen molar-refractivity contribution in [2.24, 2.45) is 0 Å². The third kappa shape index (κ3) is 3.05. The molecule has 0 saturated carbocycles. The normalized spacial score (nSPS) is 10.2. The largest absolute Gasteiger partial charge is 0.457 e. The Balaban J connectivity index is 2.19. The van der Waals surface area contributed by atoms with E-state index in [1.54, 1.807) is 18.2 Å². The van der Waals surface area contributed by atoms with E-state index in [0.717, 1.165) is 5.75 Å². The quantitative estimate of drug-likeness (QED) is 0.838. The summed E-state index contributed by atoms with van der Waals surface area (Å²) in [6.07, 6.45) is 0. The Kier molecular flexibility index (Phi) is 3.72. The zero-order valence-electron chi connectivity index (χ0n) is 11.1. The van der Waals surface area contributed by atoms with Crippen LogP contribution < -0.4 is 10.5 Å². The molecule has 3 nitrogen and oxygen atoms in total. The van der Waals surface area contributed by atoms with E-state index in [9.17, 15) is 0 Å². The number of anilines is 1. The highest BCUT2D eigenvalue weighted by Gasteiger charge is 2.03. The predicted molar refractivity (Wildman–Crippen MR) is 76.2 cm³/mol. The molecule has 0 fully saturated rings. The maximum absolute atomic E-state index is 8.92. The number of nitrogen functional groups attached to an aromatic ring is 1. The molecular formula is C16H16N2O. The van der Waals surface area contributed by atoms with Gasteiger partial charge in [-0.1, -0.05) is 26.0 Å². The summed E-state index contributed by atoms with van der Waals surface area (Å²) in [7, 11) is 0. The van der Waals surface area contributed by atoms with E-state index in [1.165, 1.54) is 5.56 Å². The summed E-state index contributed by atoms with van der Waals surface area (Å²) in [5.74, 6) is 1.86. The maximum atomic E-state index is 8.92. The second kappa shape index (κ2) is 5.45. The van der Waals surface area contributed by atoms with Crippen LogP contribution in [0.15, 0.2) is 42.5 Å². The lowest BCUT2D eigenvalue weighted by molar-refractivity contribution is 0.482. The predicted octanol–water partition coefficient (Wildman–Crippen LogP) is 4.06. The first-order valence-corrected chi connectivity index (χ1v) is 6.17. The minimum atomic E-state index is 0.427. The average molecular weight is 252 g/mol. The van der Waals surface area contributed by atoms with Crippen molar-refractivity contribution in [3.63, 3.8) is 0 Å². The number of hydrogen-bond donors (Lipinski definition) is 1. The van der Waals surface area contributed by atoms with Crippen LogP contribution in [-0.4, -0.2) is 0 Å². The molecule has 0 saturated heterocycles. The van der Waals surface area contributed by atoms with Crippen molar-refractivity contribution in [1.29, 1.82) is 5.26 Å². The van der Waals surface area contributed by atoms with Gasteiger partial charge in [0.1, 0.15) is 17.6 Å². The summed E-state index contributed by atoms with van der Waals surface area (Å²) in [4.78, 5) is 0. The molecule has 0 amide bonds. The summed E-state index contributed by atoms with van der Waals surface area (Å²) >= 11 is 0. The van der Waals surface area contributed by atoms with Gasteiger partial charge in [-0.25, -0.2) is 0 Å². The number of benzene rings is 2. The van der Waals surface area contributed by atoms with Crippen LogP contribution in [0.25, 0.3) is 0 Å². The monoisotopic (exact) mass is 252 g/mol. The van der Waals surface area contributed by atoms with Crippen LogP contribution in [0.4, 0.5) is 5.69 Å². The van der Waals surface area contributed by atoms with Crippen LogP contribution >= 0.6 is 0 Å². The Hall–Kier alpha value is -2.47. The van der Waals surface area contributed by atoms with E-state index >= 15 is 0 Å². The fourth-order valence-corrected chi connectivity index (χ4v) is 1.75. The van der Waals surface area contributed by atoms with Gasteiger partial charge < -0.3 is 10.5 Å². The highest BCUT2D eigenvalue weighted by molar-refractivity contribution is 5.57. The molecule has 0 aliphatic carbocycles. The van der Waals surface area contributed by atoms with Crippen LogP contribution in [0, 0.1) is 11.3 Å². The van der Waals surface area contributed by atoms with Gasteiger partial charge in [0.05, 0.1) is 5.56 Å². The first kappa shape index (κ1) is 13.0. The minimum absolute atomic E-state index is 0.427. The van der Waals surface area contributed by atoms with Crippen molar-refractivity contribution in [2.45, 2.75) is 19.8 Å². The molecular weight excluding hydrogens is 236 g/mol. The molecule has 0 heterocycles. The van der Waals surface area contributed by atoms with Crippen LogP contribution in [0.5, 0.6) is 11.5 Å². The Morgan fingerprint density at radius 1 is 1.05 bits per heavy atom. The van der Waals surface area contributed by atoms with Crippen molar-refractivity contribution in [1.82, 2.24) is 0 Å². The highest BCUT2D eigenvalue weighted by atomic mass is 16.5. The number of nitrogens with zero attached hydrogens (tertiary/aromatic N) is 1. The second-order valence-corrected chi connectivity index (χ2v) is 4.69. The van der Waals surface area contributed by atoms with Crippen molar-refractivity contribution in [2.75, 3.05) is 5.73 Å². The SMILES string of the molecule is CC(C)c1ccc(Oc2ccc(N)c(C#N)c2)cc1. The van der Waals surface area contributed by atoms with Gasteiger partial charge in [0.2, 0.25) is 0 Å². The Bertz CT molecular complexity index is 610. The van der Waals surface area contributed by atoms with Gasteiger partial charge in [-0.3, -0.25) is 0 Å². The Morgan fingerprint density at radius 2 is 1.68 bits per heavy atom. The van der Waals surface area contributed by atoms with Gasteiger partial charge in [0.25, 0.3) is 0 Å². The lowest BCUT2D eigenvalue weighted by Gasteiger charge is -2.09. The lowest BCUT2D eigenvalue weighted by atomic mass is 10.0. The standard InChI is InChI=1S/C16H16N2O/c1-11(2)12-3-5-14(6-4-12)19-15-7-8-16(18)13(9-15)10-17/h3-9,11H,18H2,1-2H3. The van der Waals surface area contributed by atoms with Gasteiger partial charge in [-0.2, -0.15) is 5.26 Å². The summed E-state index contributed by atoms with van der Waals surface area (Å²) in [5.41, 5.74) is 7.82. The number of nitriles is 1. The van der Waals surface area contributed by atoms with Crippen LogP contribution in [-0.2, 0) is 0 Å². The molecule has 0 radical (unpaired) electrons. The molecule has 2 rings (SSSR count). The van der Waals surface area contributed by atoms with Crippen LogP contribution in [0.1, 0.15) is 30.9 Å². The van der Waals surface area contributed by atoms with E-state index in [0.29, 0.717) is 22.9 Å². The maximum Gasteiger partial charge on any atom is 0.128 e. The van der Waals surface area contributed by atoms with Gasteiger partial charge in [0.15, 0.2) is 0 Å². The van der Waals surface area contributed by atoms with Gasteiger partial charge >= 0.3 is 0 Å². The summed E-state index contributed by atoms with van der Waals surface area (Å²) in [5, 5.41) is 8.92. The second-order valence-electron chi connectivity index (χ2n) is 4.69. The molecule has 96 valence electrons. The topological polar surface area (TPSA) is 59.0 Å². The molecule has 0 atom stereocenters. The molecule has 0 aliphatic rings. The zero-order valence-corrected chi connectivity index (χ0v) is 11.1. The molecule has 0 spiro atoms. The molecule has 2 aromatic rings. The number of rotatable bonds is 3. The van der Waals surface area contributed by atoms with E-state index in [4.69, 9.17) is 15.7 Å². The van der Waals surface area contributed by atoms with Crippen molar-refractivity contribution >= 4 is 5.69 Å². The molecule has 3 heteroatoms. The zero-order chi connectivity index (χ0) is 13.8. The van der Waals surface area contributed by atoms with E-state index in [-0.39, 0.29) is 0 Å². The van der Waals surface area contributed by atoms with Crippen LogP contribution in [0.3, 0.4) is 0 Å². The smallest absolute Gasteiger partial charge is 0.128 e. The fourth-order valence-electron chi connectivity index (χ4n) is 1.75. The first-order chi connectivity index (χ1) is 9.10. The Labute approximate surface area is 113 Å². The van der Waals surface area contributed by atoms with Gasteiger partial charge in [-0.05, 0) is 35.7 Å². The van der Waals surface area contributed by atoms with E-state index in [2.05, 4.69) is 13.8 Å². The van der Waals surface area contributed by atoms with Gasteiger partial charge in [-0.15, -0.1) is 0 Å². The molecule has 0 bridgehead atoms. The molecule has 0 aliphatic heterocycles. The molecule has 0 unspecified atom stereocenters. The third-order valence-corrected chi connectivity index (χ3v) is 2.93. The summed E-state index contributed by atoms with van der Waals surface area (Å²) in [6.45, 7) is 4.30. The summed E-state index contributed by atoms with van der Waals surface area (Å²) in [6, 6.07) is 15.1. The molecule has 19 heavy (non-hydrogen) atoms. The average Bonchev–Trinajstić information content (AvgIpc) is 2.41. The van der Waals surface area contributed by atoms with Gasteiger partial charge in [0, 0.05) is 11.8 Å². The minimum Gasteiger partial charge on any atom is -0.457 e. The van der Waals surface area contributed by atoms with E-state index < -0.39 is 0 Å². The molecule has 2 aromatic carbocycles. The molecule has 0 aromatic heterocycles. The number of nitrogens with two attached hydrogens (primary N) is 1. The fraction of sp³-hybridized carbons (Fsp3) is 0.188.